The number of carbonyl (C=O) groups excluding carboxylic acids is 1. The minimum Gasteiger partial charge on any atom is -0.287 e. The maximum atomic E-state index is 12.9. The third kappa shape index (κ3) is 11.2. The fourth-order valence-electron chi connectivity index (χ4n) is 5.34. The Morgan fingerprint density at radius 1 is 0.595 bits per heavy atom. The summed E-state index contributed by atoms with van der Waals surface area (Å²) in [4.78, 5) is 12.9. The SMILES string of the molecule is CCCCCCCCCCCCCCCCCCc1ccc(C(=O)C[n+]2cccc3ccccc32)cc1. The Labute approximate surface area is 226 Å². The predicted octanol–water partition coefficient (Wildman–Crippen LogP) is 9.81. The molecule has 0 saturated carbocycles. The van der Waals surface area contributed by atoms with Crippen molar-refractivity contribution in [3.63, 3.8) is 0 Å². The summed E-state index contributed by atoms with van der Waals surface area (Å²) in [5, 5.41) is 1.16. The number of Topliss-reactive ketones (excluding diaryl/α,β-unsaturated/α-hetero) is 1. The summed E-state index contributed by atoms with van der Waals surface area (Å²) < 4.78 is 2.04. The van der Waals surface area contributed by atoms with E-state index in [1.165, 1.54) is 108 Å². The molecule has 0 atom stereocenters. The average molecular weight is 501 g/mol. The number of pyridine rings is 1. The molecule has 0 N–H and O–H groups in total. The Morgan fingerprint density at radius 3 is 1.70 bits per heavy atom. The molecule has 2 nitrogen and oxygen atoms in total. The van der Waals surface area contributed by atoms with Crippen LogP contribution in [0, 0.1) is 0 Å². The summed E-state index contributed by atoms with van der Waals surface area (Å²) in [5.41, 5.74) is 3.24. The van der Waals surface area contributed by atoms with E-state index in [4.69, 9.17) is 0 Å². The van der Waals surface area contributed by atoms with E-state index < -0.39 is 0 Å². The molecular weight excluding hydrogens is 450 g/mol. The fourth-order valence-corrected chi connectivity index (χ4v) is 5.34. The van der Waals surface area contributed by atoms with E-state index in [1.807, 2.05) is 41.1 Å². The minimum atomic E-state index is 0.162. The largest absolute Gasteiger partial charge is 0.287 e. The van der Waals surface area contributed by atoms with Crippen molar-refractivity contribution in [1.29, 1.82) is 0 Å². The maximum Gasteiger partial charge on any atom is 0.227 e. The number of aryl methyl sites for hydroxylation is 1. The second-order valence-corrected chi connectivity index (χ2v) is 10.9. The van der Waals surface area contributed by atoms with E-state index in [2.05, 4.69) is 37.3 Å². The van der Waals surface area contributed by atoms with Crippen molar-refractivity contribution in [2.45, 2.75) is 123 Å². The van der Waals surface area contributed by atoms with Gasteiger partial charge in [0.25, 0.3) is 0 Å². The van der Waals surface area contributed by atoms with Crippen LogP contribution in [0.4, 0.5) is 0 Å². The lowest BCUT2D eigenvalue weighted by atomic mass is 10.0. The number of hydrogen-bond acceptors (Lipinski definition) is 1. The van der Waals surface area contributed by atoms with E-state index >= 15 is 0 Å². The molecule has 3 rings (SSSR count). The van der Waals surface area contributed by atoms with Crippen molar-refractivity contribution in [3.8, 4) is 0 Å². The van der Waals surface area contributed by atoms with Crippen LogP contribution in [0.3, 0.4) is 0 Å². The number of benzene rings is 2. The number of fused-ring (bicyclic) bond motifs is 1. The molecule has 3 aromatic rings. The van der Waals surface area contributed by atoms with Crippen molar-refractivity contribution in [2.75, 3.05) is 0 Å². The number of ketones is 1. The topological polar surface area (TPSA) is 20.9 Å². The van der Waals surface area contributed by atoms with Crippen molar-refractivity contribution < 1.29 is 9.36 Å². The van der Waals surface area contributed by atoms with E-state index in [-0.39, 0.29) is 5.78 Å². The van der Waals surface area contributed by atoms with Gasteiger partial charge in [0.1, 0.15) is 0 Å². The molecule has 200 valence electrons. The molecule has 1 aromatic heterocycles. The van der Waals surface area contributed by atoms with E-state index in [0.717, 1.165) is 22.9 Å². The van der Waals surface area contributed by atoms with Crippen LogP contribution in [0.5, 0.6) is 0 Å². The number of unbranched alkanes of at least 4 members (excludes halogenated alkanes) is 15. The molecule has 0 unspecified atom stereocenters. The van der Waals surface area contributed by atoms with Gasteiger partial charge in [-0.05, 0) is 30.5 Å². The lowest BCUT2D eigenvalue weighted by molar-refractivity contribution is -0.657. The first-order valence-corrected chi connectivity index (χ1v) is 15.3. The van der Waals surface area contributed by atoms with Gasteiger partial charge in [-0.25, -0.2) is 0 Å². The van der Waals surface area contributed by atoms with Gasteiger partial charge in [0.2, 0.25) is 17.8 Å². The van der Waals surface area contributed by atoms with Crippen LogP contribution in [0.25, 0.3) is 10.9 Å². The Morgan fingerprint density at radius 2 is 1.11 bits per heavy atom. The molecular formula is C35H50NO+. The standard InChI is InChI=1S/C35H50NO/c1-2-3-4-5-6-7-8-9-10-11-12-13-14-15-16-17-21-31-25-27-33(28-26-31)35(37)30-36-29-20-23-32-22-18-19-24-34(32)36/h18-20,22-29H,2-17,21,30H2,1H3/q+1. The van der Waals surface area contributed by atoms with Crippen LogP contribution < -0.4 is 4.57 Å². The average Bonchev–Trinajstić information content (AvgIpc) is 2.93. The summed E-state index contributed by atoms with van der Waals surface area (Å²) in [5.74, 6) is 0.162. The highest BCUT2D eigenvalue weighted by Gasteiger charge is 2.15. The lowest BCUT2D eigenvalue weighted by Crippen LogP contribution is -2.38. The van der Waals surface area contributed by atoms with Crippen molar-refractivity contribution in [3.05, 3.63) is 78.0 Å². The predicted molar refractivity (Wildman–Crippen MR) is 158 cm³/mol. The van der Waals surface area contributed by atoms with Gasteiger partial charge in [-0.3, -0.25) is 4.79 Å². The highest BCUT2D eigenvalue weighted by Crippen LogP contribution is 2.15. The molecule has 0 radical (unpaired) electrons. The minimum absolute atomic E-state index is 0.162. The zero-order valence-corrected chi connectivity index (χ0v) is 23.4. The normalized spacial score (nSPS) is 11.3. The quantitative estimate of drug-likeness (QED) is 0.0859. The van der Waals surface area contributed by atoms with Crippen LogP contribution in [0.2, 0.25) is 0 Å². The number of carbonyl (C=O) groups is 1. The summed E-state index contributed by atoms with van der Waals surface area (Å²) in [6.07, 6.45) is 25.6. The van der Waals surface area contributed by atoms with Crippen molar-refractivity contribution >= 4 is 16.7 Å². The molecule has 1 heterocycles. The third-order valence-electron chi connectivity index (χ3n) is 7.70. The molecule has 37 heavy (non-hydrogen) atoms. The zero-order valence-electron chi connectivity index (χ0n) is 23.4. The van der Waals surface area contributed by atoms with Gasteiger partial charge in [0.15, 0.2) is 6.20 Å². The molecule has 2 aromatic carbocycles. The van der Waals surface area contributed by atoms with Gasteiger partial charge in [-0.2, -0.15) is 4.57 Å². The van der Waals surface area contributed by atoms with Gasteiger partial charge in [-0.15, -0.1) is 0 Å². The molecule has 0 aliphatic heterocycles. The van der Waals surface area contributed by atoms with Gasteiger partial charge in [0.05, 0.1) is 0 Å². The third-order valence-corrected chi connectivity index (χ3v) is 7.70. The molecule has 0 aliphatic carbocycles. The number of rotatable bonds is 20. The monoisotopic (exact) mass is 500 g/mol. The van der Waals surface area contributed by atoms with Gasteiger partial charge < -0.3 is 0 Å². The van der Waals surface area contributed by atoms with Crippen molar-refractivity contribution in [1.82, 2.24) is 0 Å². The van der Waals surface area contributed by atoms with Crippen LogP contribution in [-0.2, 0) is 13.0 Å². The fraction of sp³-hybridized carbons (Fsp3) is 0.543. The molecule has 0 amide bonds. The first-order valence-electron chi connectivity index (χ1n) is 15.3. The smallest absolute Gasteiger partial charge is 0.227 e. The Bertz CT molecular complexity index is 1020. The highest BCUT2D eigenvalue weighted by molar-refractivity contribution is 5.95. The van der Waals surface area contributed by atoms with Gasteiger partial charge in [-0.1, -0.05) is 140 Å². The van der Waals surface area contributed by atoms with Gasteiger partial charge >= 0.3 is 0 Å². The number of para-hydroxylation sites is 1. The Kier molecular flexibility index (Phi) is 14.1. The Balaban J connectivity index is 1.20. The first-order chi connectivity index (χ1) is 18.3. The molecule has 0 spiro atoms. The summed E-state index contributed by atoms with van der Waals surface area (Å²) in [7, 11) is 0. The summed E-state index contributed by atoms with van der Waals surface area (Å²) in [6, 6.07) is 20.6. The van der Waals surface area contributed by atoms with E-state index in [0.29, 0.717) is 6.54 Å². The maximum absolute atomic E-state index is 12.9. The molecule has 0 saturated heterocycles. The second-order valence-electron chi connectivity index (χ2n) is 10.9. The van der Waals surface area contributed by atoms with Crippen molar-refractivity contribution in [2.24, 2.45) is 0 Å². The van der Waals surface area contributed by atoms with Crippen LogP contribution in [-0.4, -0.2) is 5.78 Å². The van der Waals surface area contributed by atoms with Crippen LogP contribution in [0.1, 0.15) is 126 Å². The van der Waals surface area contributed by atoms with Gasteiger partial charge in [0, 0.05) is 23.1 Å². The highest BCUT2D eigenvalue weighted by atomic mass is 16.1. The number of nitrogens with zero attached hydrogens (tertiary/aromatic N) is 1. The molecule has 0 bridgehead atoms. The molecule has 0 fully saturated rings. The number of hydrogen-bond donors (Lipinski definition) is 0. The lowest BCUT2D eigenvalue weighted by Gasteiger charge is -2.05. The van der Waals surface area contributed by atoms with E-state index in [1.54, 1.807) is 0 Å². The molecule has 0 aliphatic rings. The molecule has 2 heteroatoms. The number of aromatic nitrogens is 1. The zero-order chi connectivity index (χ0) is 26.0. The second kappa shape index (κ2) is 17.9. The Hall–Kier alpha value is -2.48. The summed E-state index contributed by atoms with van der Waals surface area (Å²) in [6.45, 7) is 2.67. The van der Waals surface area contributed by atoms with E-state index in [9.17, 15) is 4.79 Å². The van der Waals surface area contributed by atoms with Crippen LogP contribution in [0.15, 0.2) is 66.9 Å². The van der Waals surface area contributed by atoms with Crippen LogP contribution >= 0.6 is 0 Å². The first kappa shape index (κ1) is 29.1. The summed E-state index contributed by atoms with van der Waals surface area (Å²) >= 11 is 0.